The molecule has 4 heteroatoms. The van der Waals surface area contributed by atoms with E-state index < -0.39 is 17.8 Å². The molecular formula is C20H32O4. The Bertz CT molecular complexity index is 482. The highest BCUT2D eigenvalue weighted by molar-refractivity contribution is 5.97. The van der Waals surface area contributed by atoms with Crippen molar-refractivity contribution >= 4 is 5.78 Å². The van der Waals surface area contributed by atoms with Gasteiger partial charge in [0.1, 0.15) is 5.60 Å². The van der Waals surface area contributed by atoms with Crippen molar-refractivity contribution in [2.24, 2.45) is 23.7 Å². The number of carbonyl (C=O) groups is 1. The first-order valence-corrected chi connectivity index (χ1v) is 9.69. The number of hydrogen-bond donors (Lipinski definition) is 2. The molecule has 3 aliphatic carbocycles. The molecule has 0 spiro atoms. The zero-order valence-corrected chi connectivity index (χ0v) is 15.0. The van der Waals surface area contributed by atoms with Gasteiger partial charge in [-0.1, -0.05) is 38.3 Å². The Balaban J connectivity index is 1.74. The Labute approximate surface area is 145 Å². The Morgan fingerprint density at radius 2 is 2.00 bits per heavy atom. The van der Waals surface area contributed by atoms with Crippen molar-refractivity contribution in [2.75, 3.05) is 7.11 Å². The molecule has 0 bridgehead atoms. The quantitative estimate of drug-likeness (QED) is 0.758. The van der Waals surface area contributed by atoms with E-state index in [1.165, 1.54) is 19.3 Å². The number of Topliss-reactive ketones (excluding diaryl/α,β-unsaturated/α-hetero) is 1. The Hall–Kier alpha value is -0.710. The second-order valence-electron chi connectivity index (χ2n) is 7.96. The molecule has 6 atom stereocenters. The summed E-state index contributed by atoms with van der Waals surface area (Å²) in [7, 11) is 1.62. The molecule has 1 unspecified atom stereocenters. The van der Waals surface area contributed by atoms with Crippen LogP contribution >= 0.6 is 0 Å². The Kier molecular flexibility index (Phi) is 5.48. The smallest absolute Gasteiger partial charge is 0.168 e. The van der Waals surface area contributed by atoms with Gasteiger partial charge in [-0.05, 0) is 38.0 Å². The molecule has 0 amide bonds. The van der Waals surface area contributed by atoms with E-state index in [4.69, 9.17) is 4.74 Å². The third-order valence-electron chi connectivity index (χ3n) is 6.86. The van der Waals surface area contributed by atoms with Gasteiger partial charge in [-0.15, -0.1) is 0 Å². The minimum Gasteiger partial charge on any atom is -0.393 e. The van der Waals surface area contributed by atoms with E-state index in [0.717, 1.165) is 19.3 Å². The van der Waals surface area contributed by atoms with E-state index >= 15 is 0 Å². The Morgan fingerprint density at radius 3 is 2.62 bits per heavy atom. The van der Waals surface area contributed by atoms with Crippen LogP contribution in [0.4, 0.5) is 0 Å². The summed E-state index contributed by atoms with van der Waals surface area (Å²) < 4.78 is 5.67. The highest BCUT2D eigenvalue weighted by Gasteiger charge is 2.66. The molecule has 4 nitrogen and oxygen atoms in total. The minimum atomic E-state index is -0.704. The lowest BCUT2D eigenvalue weighted by atomic mass is 9.49. The summed E-state index contributed by atoms with van der Waals surface area (Å²) in [5.74, 6) is 0.461. The summed E-state index contributed by atoms with van der Waals surface area (Å²) >= 11 is 0. The molecule has 2 N–H and O–H groups in total. The highest BCUT2D eigenvalue weighted by Crippen LogP contribution is 2.55. The molecule has 3 fully saturated rings. The standard InChI is InChI=1S/C20H32O4/c1-3-14-18-15(9-10-16(21)13-7-5-4-6-8-13)17(22)11-12-20(18,24-2)19(14)23/h9-10,13-18,21-22H,3-8,11-12H2,1-2H3/b10-9+/t14?,15-,16+,17+,18+,20+/m0/s1. The second kappa shape index (κ2) is 7.27. The fourth-order valence-electron chi connectivity index (χ4n) is 5.43. The van der Waals surface area contributed by atoms with Gasteiger partial charge >= 0.3 is 0 Å². The average Bonchev–Trinajstić information content (AvgIpc) is 2.62. The van der Waals surface area contributed by atoms with Gasteiger partial charge in [-0.2, -0.15) is 0 Å². The van der Waals surface area contributed by atoms with E-state index in [0.29, 0.717) is 18.8 Å². The maximum atomic E-state index is 12.5. The largest absolute Gasteiger partial charge is 0.393 e. The predicted molar refractivity (Wildman–Crippen MR) is 92.5 cm³/mol. The monoisotopic (exact) mass is 336 g/mol. The van der Waals surface area contributed by atoms with Crippen molar-refractivity contribution in [3.8, 4) is 0 Å². The SMILES string of the molecule is CCC1C(=O)[C@@]2(OC)CC[C@@H](O)[C@H](/C=C/[C@@H](O)C3CCCCC3)[C@@H]12. The van der Waals surface area contributed by atoms with E-state index in [1.807, 2.05) is 19.1 Å². The van der Waals surface area contributed by atoms with Crippen LogP contribution in [0.5, 0.6) is 0 Å². The molecule has 0 heterocycles. The van der Waals surface area contributed by atoms with E-state index in [-0.39, 0.29) is 23.5 Å². The van der Waals surface area contributed by atoms with E-state index in [9.17, 15) is 15.0 Å². The topological polar surface area (TPSA) is 66.8 Å². The molecule has 0 radical (unpaired) electrons. The third kappa shape index (κ3) is 2.87. The van der Waals surface area contributed by atoms with Gasteiger partial charge in [0, 0.05) is 24.9 Å². The van der Waals surface area contributed by atoms with Crippen LogP contribution in [0, 0.1) is 23.7 Å². The number of fused-ring (bicyclic) bond motifs is 1. The Morgan fingerprint density at radius 1 is 1.29 bits per heavy atom. The van der Waals surface area contributed by atoms with E-state index in [2.05, 4.69) is 0 Å². The van der Waals surface area contributed by atoms with Crippen molar-refractivity contribution in [1.82, 2.24) is 0 Å². The van der Waals surface area contributed by atoms with Gasteiger partial charge in [-0.25, -0.2) is 0 Å². The number of carbonyl (C=O) groups excluding carboxylic acids is 1. The molecule has 3 aliphatic rings. The molecule has 0 aromatic carbocycles. The van der Waals surface area contributed by atoms with Crippen molar-refractivity contribution < 1.29 is 19.7 Å². The average molecular weight is 336 g/mol. The van der Waals surface area contributed by atoms with Crippen LogP contribution < -0.4 is 0 Å². The molecule has 0 saturated heterocycles. The minimum absolute atomic E-state index is 0.0265. The third-order valence-corrected chi connectivity index (χ3v) is 6.86. The molecule has 0 aromatic rings. The van der Waals surface area contributed by atoms with Crippen LogP contribution in [0.1, 0.15) is 58.3 Å². The van der Waals surface area contributed by atoms with Gasteiger partial charge in [-0.3, -0.25) is 4.79 Å². The normalized spacial score (nSPS) is 41.9. The summed E-state index contributed by atoms with van der Waals surface area (Å²) in [6, 6.07) is 0. The zero-order valence-electron chi connectivity index (χ0n) is 15.0. The van der Waals surface area contributed by atoms with Crippen LogP contribution in [0.3, 0.4) is 0 Å². The zero-order chi connectivity index (χ0) is 17.3. The molecule has 24 heavy (non-hydrogen) atoms. The van der Waals surface area contributed by atoms with Crippen molar-refractivity contribution in [3.63, 3.8) is 0 Å². The lowest BCUT2D eigenvalue weighted by Gasteiger charge is -2.58. The van der Waals surface area contributed by atoms with Gasteiger partial charge < -0.3 is 14.9 Å². The van der Waals surface area contributed by atoms with Crippen LogP contribution in [0.15, 0.2) is 12.2 Å². The maximum absolute atomic E-state index is 12.5. The van der Waals surface area contributed by atoms with Gasteiger partial charge in [0.25, 0.3) is 0 Å². The molecule has 0 aromatic heterocycles. The molecule has 136 valence electrons. The number of aliphatic hydroxyl groups is 2. The van der Waals surface area contributed by atoms with Gasteiger partial charge in [0.2, 0.25) is 0 Å². The molecule has 3 rings (SSSR count). The number of hydrogen-bond acceptors (Lipinski definition) is 4. The van der Waals surface area contributed by atoms with Crippen molar-refractivity contribution in [3.05, 3.63) is 12.2 Å². The van der Waals surface area contributed by atoms with E-state index in [1.54, 1.807) is 7.11 Å². The van der Waals surface area contributed by atoms with Crippen molar-refractivity contribution in [1.29, 1.82) is 0 Å². The number of methoxy groups -OCH3 is 1. The number of ether oxygens (including phenoxy) is 1. The predicted octanol–water partition coefficient (Wildman–Crippen LogP) is 2.87. The van der Waals surface area contributed by atoms with Crippen molar-refractivity contribution in [2.45, 2.75) is 76.1 Å². The first-order valence-electron chi connectivity index (χ1n) is 9.69. The van der Waals surface area contributed by atoms with Gasteiger partial charge in [0.05, 0.1) is 12.2 Å². The summed E-state index contributed by atoms with van der Waals surface area (Å²) in [5.41, 5.74) is -0.704. The molecule has 3 saturated carbocycles. The summed E-state index contributed by atoms with van der Waals surface area (Å²) in [6.45, 7) is 2.03. The molecular weight excluding hydrogens is 304 g/mol. The second-order valence-corrected chi connectivity index (χ2v) is 7.96. The maximum Gasteiger partial charge on any atom is 0.168 e. The van der Waals surface area contributed by atoms with Crippen LogP contribution in [0.25, 0.3) is 0 Å². The summed E-state index contributed by atoms with van der Waals surface area (Å²) in [5, 5.41) is 21.0. The lowest BCUT2D eigenvalue weighted by Crippen LogP contribution is -2.69. The number of aliphatic hydroxyl groups excluding tert-OH is 2. The van der Waals surface area contributed by atoms with Crippen LogP contribution in [0.2, 0.25) is 0 Å². The fraction of sp³-hybridized carbons (Fsp3) is 0.850. The first kappa shape index (κ1) is 18.1. The summed E-state index contributed by atoms with van der Waals surface area (Å²) in [4.78, 5) is 12.5. The summed E-state index contributed by atoms with van der Waals surface area (Å²) in [6.07, 6.45) is 10.8. The molecule has 0 aliphatic heterocycles. The first-order chi connectivity index (χ1) is 11.5. The van der Waals surface area contributed by atoms with Crippen LogP contribution in [-0.4, -0.2) is 40.9 Å². The van der Waals surface area contributed by atoms with Crippen LogP contribution in [-0.2, 0) is 9.53 Å². The lowest BCUT2D eigenvalue weighted by molar-refractivity contribution is -0.208. The highest BCUT2D eigenvalue weighted by atomic mass is 16.5. The number of rotatable bonds is 5. The van der Waals surface area contributed by atoms with Gasteiger partial charge in [0.15, 0.2) is 5.78 Å². The fourth-order valence-corrected chi connectivity index (χ4v) is 5.43. The number of ketones is 1.